The monoisotopic (exact) mass is 196 g/mol. The maximum atomic E-state index is 5.91. The van der Waals surface area contributed by atoms with Crippen LogP contribution in [0.5, 0.6) is 0 Å². The van der Waals surface area contributed by atoms with Gasteiger partial charge in [-0.3, -0.25) is 0 Å². The molecule has 0 spiro atoms. The van der Waals surface area contributed by atoms with Crippen molar-refractivity contribution in [3.8, 4) is 0 Å². The first-order chi connectivity index (χ1) is 6.09. The average molecular weight is 197 g/mol. The van der Waals surface area contributed by atoms with Gasteiger partial charge < -0.3 is 0 Å². The fourth-order valence-electron chi connectivity index (χ4n) is 1.36. The third kappa shape index (κ3) is 3.40. The molecule has 0 radical (unpaired) electrons. The molecule has 0 aliphatic carbocycles. The summed E-state index contributed by atoms with van der Waals surface area (Å²) in [5.74, 6) is 0.613. The smallest absolute Gasteiger partial charge is 0.0348 e. The molecule has 72 valence electrons. The van der Waals surface area contributed by atoms with Crippen molar-refractivity contribution in [3.05, 3.63) is 35.4 Å². The predicted octanol–water partition coefficient (Wildman–Crippen LogP) is 3.98. The van der Waals surface area contributed by atoms with E-state index in [0.29, 0.717) is 5.92 Å². The van der Waals surface area contributed by atoms with Gasteiger partial charge in [0.15, 0.2) is 0 Å². The highest BCUT2D eigenvalue weighted by Gasteiger charge is 2.01. The highest BCUT2D eigenvalue weighted by molar-refractivity contribution is 6.20. The lowest BCUT2D eigenvalue weighted by atomic mass is 10.0. The summed E-state index contributed by atoms with van der Waals surface area (Å²) < 4.78 is 0. The van der Waals surface area contributed by atoms with Crippen LogP contribution in [0.2, 0.25) is 0 Å². The van der Waals surface area contributed by atoms with E-state index in [2.05, 4.69) is 38.1 Å². The zero-order valence-electron chi connectivity index (χ0n) is 8.55. The SMILES string of the molecule is CC(Cl)Cc1ccc(C(C)C)cc1. The Morgan fingerprint density at radius 1 is 1.08 bits per heavy atom. The highest BCUT2D eigenvalue weighted by atomic mass is 35.5. The van der Waals surface area contributed by atoms with Gasteiger partial charge in [0.1, 0.15) is 0 Å². The molecule has 1 aromatic carbocycles. The zero-order valence-corrected chi connectivity index (χ0v) is 9.31. The van der Waals surface area contributed by atoms with E-state index in [4.69, 9.17) is 11.6 Å². The molecule has 0 nitrogen and oxygen atoms in total. The van der Waals surface area contributed by atoms with Crippen LogP contribution < -0.4 is 0 Å². The van der Waals surface area contributed by atoms with Gasteiger partial charge in [-0.2, -0.15) is 0 Å². The van der Waals surface area contributed by atoms with Crippen LogP contribution in [0.4, 0.5) is 0 Å². The summed E-state index contributed by atoms with van der Waals surface area (Å²) in [6, 6.07) is 8.74. The molecule has 1 heteroatoms. The second-order valence-corrected chi connectivity index (χ2v) is 4.63. The first-order valence-corrected chi connectivity index (χ1v) is 5.26. The Labute approximate surface area is 85.9 Å². The number of alkyl halides is 1. The Balaban J connectivity index is 2.70. The van der Waals surface area contributed by atoms with Crippen molar-refractivity contribution in [1.29, 1.82) is 0 Å². The van der Waals surface area contributed by atoms with E-state index in [1.165, 1.54) is 11.1 Å². The molecular formula is C12H17Cl. The van der Waals surface area contributed by atoms with E-state index >= 15 is 0 Å². The number of hydrogen-bond donors (Lipinski definition) is 0. The molecule has 1 unspecified atom stereocenters. The maximum Gasteiger partial charge on any atom is 0.0348 e. The Bertz CT molecular complexity index is 246. The minimum atomic E-state index is 0.227. The van der Waals surface area contributed by atoms with Crippen LogP contribution in [0.25, 0.3) is 0 Å². The molecule has 1 atom stereocenters. The van der Waals surface area contributed by atoms with Crippen molar-refractivity contribution in [2.45, 2.75) is 38.5 Å². The molecule has 0 aromatic heterocycles. The van der Waals surface area contributed by atoms with Gasteiger partial charge >= 0.3 is 0 Å². The van der Waals surface area contributed by atoms with Crippen molar-refractivity contribution < 1.29 is 0 Å². The second-order valence-electron chi connectivity index (χ2n) is 3.88. The van der Waals surface area contributed by atoms with Gasteiger partial charge in [-0.1, -0.05) is 38.1 Å². The normalized spacial score (nSPS) is 13.3. The summed E-state index contributed by atoms with van der Waals surface area (Å²) in [6.45, 7) is 6.44. The first-order valence-electron chi connectivity index (χ1n) is 4.82. The quantitative estimate of drug-likeness (QED) is 0.642. The maximum absolute atomic E-state index is 5.91. The van der Waals surface area contributed by atoms with Crippen molar-refractivity contribution in [1.82, 2.24) is 0 Å². The van der Waals surface area contributed by atoms with Gasteiger partial charge in [-0.25, -0.2) is 0 Å². The van der Waals surface area contributed by atoms with Crippen LogP contribution in [0.3, 0.4) is 0 Å². The van der Waals surface area contributed by atoms with E-state index in [0.717, 1.165) is 6.42 Å². The molecule has 0 N–H and O–H groups in total. The van der Waals surface area contributed by atoms with Crippen molar-refractivity contribution in [3.63, 3.8) is 0 Å². The summed E-state index contributed by atoms with van der Waals surface area (Å²) in [5.41, 5.74) is 2.72. The van der Waals surface area contributed by atoms with Crippen LogP contribution in [0, 0.1) is 0 Å². The fourth-order valence-corrected chi connectivity index (χ4v) is 1.54. The van der Waals surface area contributed by atoms with Gasteiger partial charge in [-0.05, 0) is 30.4 Å². The van der Waals surface area contributed by atoms with E-state index in [1.54, 1.807) is 0 Å². The summed E-state index contributed by atoms with van der Waals surface area (Å²) in [4.78, 5) is 0. The Morgan fingerprint density at radius 2 is 1.62 bits per heavy atom. The molecule has 0 aliphatic heterocycles. The average Bonchev–Trinajstić information content (AvgIpc) is 2.04. The molecule has 0 amide bonds. The van der Waals surface area contributed by atoms with Gasteiger partial charge in [0, 0.05) is 5.38 Å². The van der Waals surface area contributed by atoms with Crippen LogP contribution in [0.15, 0.2) is 24.3 Å². The van der Waals surface area contributed by atoms with Gasteiger partial charge in [0.2, 0.25) is 0 Å². The number of benzene rings is 1. The number of hydrogen-bond acceptors (Lipinski definition) is 0. The lowest BCUT2D eigenvalue weighted by Gasteiger charge is -2.07. The molecule has 0 saturated carbocycles. The third-order valence-electron chi connectivity index (χ3n) is 2.16. The fraction of sp³-hybridized carbons (Fsp3) is 0.500. The Hall–Kier alpha value is -0.490. The van der Waals surface area contributed by atoms with E-state index < -0.39 is 0 Å². The number of rotatable bonds is 3. The van der Waals surface area contributed by atoms with Crippen molar-refractivity contribution in [2.24, 2.45) is 0 Å². The molecule has 0 fully saturated rings. The van der Waals surface area contributed by atoms with E-state index in [9.17, 15) is 0 Å². The van der Waals surface area contributed by atoms with Crippen molar-refractivity contribution >= 4 is 11.6 Å². The first kappa shape index (κ1) is 10.6. The minimum Gasteiger partial charge on any atom is -0.123 e. The Morgan fingerprint density at radius 3 is 2.00 bits per heavy atom. The summed E-state index contributed by atoms with van der Waals surface area (Å²) >= 11 is 5.91. The molecule has 1 rings (SSSR count). The molecule has 0 bridgehead atoms. The van der Waals surface area contributed by atoms with E-state index in [1.807, 2.05) is 6.92 Å². The lowest BCUT2D eigenvalue weighted by molar-refractivity contribution is 0.861. The summed E-state index contributed by atoms with van der Waals surface area (Å²) in [5, 5.41) is 0.227. The molecular weight excluding hydrogens is 180 g/mol. The highest BCUT2D eigenvalue weighted by Crippen LogP contribution is 2.16. The Kier molecular flexibility index (Phi) is 3.80. The topological polar surface area (TPSA) is 0 Å². The summed E-state index contributed by atoms with van der Waals surface area (Å²) in [6.07, 6.45) is 0.958. The van der Waals surface area contributed by atoms with Crippen molar-refractivity contribution in [2.75, 3.05) is 0 Å². The minimum absolute atomic E-state index is 0.227. The molecule has 0 heterocycles. The van der Waals surface area contributed by atoms with Crippen LogP contribution in [0.1, 0.15) is 37.8 Å². The molecule has 0 saturated heterocycles. The van der Waals surface area contributed by atoms with Gasteiger partial charge in [0.25, 0.3) is 0 Å². The van der Waals surface area contributed by atoms with E-state index in [-0.39, 0.29) is 5.38 Å². The molecule has 13 heavy (non-hydrogen) atoms. The molecule has 0 aliphatic rings. The van der Waals surface area contributed by atoms with Crippen LogP contribution in [-0.4, -0.2) is 5.38 Å². The zero-order chi connectivity index (χ0) is 9.84. The standard InChI is InChI=1S/C12H17Cl/c1-9(2)12-6-4-11(5-7-12)8-10(3)13/h4-7,9-10H,8H2,1-3H3. The van der Waals surface area contributed by atoms with Gasteiger partial charge in [0.05, 0.1) is 0 Å². The largest absolute Gasteiger partial charge is 0.123 e. The number of halogens is 1. The third-order valence-corrected chi connectivity index (χ3v) is 2.32. The molecule has 1 aromatic rings. The van der Waals surface area contributed by atoms with Crippen LogP contribution >= 0.6 is 11.6 Å². The second kappa shape index (κ2) is 4.66. The van der Waals surface area contributed by atoms with Crippen LogP contribution in [-0.2, 0) is 6.42 Å². The predicted molar refractivity (Wildman–Crippen MR) is 59.6 cm³/mol. The van der Waals surface area contributed by atoms with Gasteiger partial charge in [-0.15, -0.1) is 11.6 Å². The lowest BCUT2D eigenvalue weighted by Crippen LogP contribution is -1.97. The summed E-state index contributed by atoms with van der Waals surface area (Å²) in [7, 11) is 0.